The highest BCUT2D eigenvalue weighted by Crippen LogP contribution is 2.11. The highest BCUT2D eigenvalue weighted by molar-refractivity contribution is 5.79. The summed E-state index contributed by atoms with van der Waals surface area (Å²) in [6.45, 7) is 4.85. The molecule has 0 bridgehead atoms. The molecule has 23 heavy (non-hydrogen) atoms. The topological polar surface area (TPSA) is 82.8 Å². The van der Waals surface area contributed by atoms with Crippen LogP contribution in [0.25, 0.3) is 0 Å². The molecular weight excluding hydrogens is 294 g/mol. The zero-order valence-corrected chi connectivity index (χ0v) is 13.6. The first-order chi connectivity index (χ1) is 11.2. The molecule has 1 aliphatic rings. The molecule has 0 spiro atoms. The van der Waals surface area contributed by atoms with E-state index in [-0.39, 0.29) is 5.69 Å². The lowest BCUT2D eigenvalue weighted by atomic mass is 10.1. The van der Waals surface area contributed by atoms with Crippen molar-refractivity contribution in [1.29, 1.82) is 0 Å². The van der Waals surface area contributed by atoms with Crippen molar-refractivity contribution < 1.29 is 4.92 Å². The van der Waals surface area contributed by atoms with Crippen LogP contribution in [0, 0.1) is 10.1 Å². The third-order valence-electron chi connectivity index (χ3n) is 4.00. The Bertz CT molecular complexity index is 524. The van der Waals surface area contributed by atoms with E-state index in [4.69, 9.17) is 0 Å². The molecule has 7 heteroatoms. The van der Waals surface area contributed by atoms with Crippen LogP contribution in [0.15, 0.2) is 29.3 Å². The molecule has 126 valence electrons. The number of likely N-dealkylation sites (tertiary alicyclic amines) is 1. The van der Waals surface area contributed by atoms with Crippen molar-refractivity contribution in [2.45, 2.75) is 25.8 Å². The van der Waals surface area contributed by atoms with Gasteiger partial charge >= 0.3 is 0 Å². The van der Waals surface area contributed by atoms with Crippen LogP contribution < -0.4 is 10.6 Å². The summed E-state index contributed by atoms with van der Waals surface area (Å²) in [5, 5.41) is 17.2. The fourth-order valence-electron chi connectivity index (χ4n) is 2.66. The Morgan fingerprint density at radius 3 is 2.52 bits per heavy atom. The molecule has 0 saturated carbocycles. The highest BCUT2D eigenvalue weighted by Gasteiger charge is 2.09. The molecule has 0 radical (unpaired) electrons. The van der Waals surface area contributed by atoms with Crippen molar-refractivity contribution in [3.8, 4) is 0 Å². The van der Waals surface area contributed by atoms with Gasteiger partial charge in [-0.3, -0.25) is 15.1 Å². The second-order valence-corrected chi connectivity index (χ2v) is 5.68. The molecule has 0 aromatic heterocycles. The van der Waals surface area contributed by atoms with Crippen molar-refractivity contribution in [2.75, 3.05) is 33.2 Å². The van der Waals surface area contributed by atoms with Gasteiger partial charge in [0.2, 0.25) is 0 Å². The monoisotopic (exact) mass is 319 g/mol. The van der Waals surface area contributed by atoms with Gasteiger partial charge in [-0.05, 0) is 31.5 Å². The number of non-ortho nitro benzene ring substituents is 1. The Morgan fingerprint density at radius 2 is 1.91 bits per heavy atom. The molecule has 1 fully saturated rings. The van der Waals surface area contributed by atoms with Crippen molar-refractivity contribution in [2.24, 2.45) is 4.99 Å². The van der Waals surface area contributed by atoms with E-state index in [1.165, 1.54) is 44.5 Å². The standard InChI is InChI=1S/C16H25N5O2/c1-17-16(18-9-12-20-10-3-2-4-11-20)19-13-14-5-7-15(8-6-14)21(22)23/h5-8H,2-4,9-13H2,1H3,(H2,17,18,19). The van der Waals surface area contributed by atoms with Crippen LogP contribution in [0.2, 0.25) is 0 Å². The molecule has 1 aromatic carbocycles. The number of aliphatic imine (C=N–C) groups is 1. The van der Waals surface area contributed by atoms with Gasteiger partial charge in [0.15, 0.2) is 5.96 Å². The fourth-order valence-corrected chi connectivity index (χ4v) is 2.66. The molecule has 2 N–H and O–H groups in total. The van der Waals surface area contributed by atoms with Crippen LogP contribution in [0.1, 0.15) is 24.8 Å². The minimum absolute atomic E-state index is 0.109. The summed E-state index contributed by atoms with van der Waals surface area (Å²) < 4.78 is 0. The van der Waals surface area contributed by atoms with E-state index in [2.05, 4.69) is 20.5 Å². The summed E-state index contributed by atoms with van der Waals surface area (Å²) in [5.74, 6) is 0.750. The van der Waals surface area contributed by atoms with E-state index in [0.29, 0.717) is 6.54 Å². The number of guanidine groups is 1. The van der Waals surface area contributed by atoms with Gasteiger partial charge < -0.3 is 15.5 Å². The smallest absolute Gasteiger partial charge is 0.269 e. The first-order valence-electron chi connectivity index (χ1n) is 8.09. The summed E-state index contributed by atoms with van der Waals surface area (Å²) in [6.07, 6.45) is 3.95. The Balaban J connectivity index is 1.70. The van der Waals surface area contributed by atoms with Gasteiger partial charge in [-0.2, -0.15) is 0 Å². The Labute approximate surface area is 136 Å². The van der Waals surface area contributed by atoms with E-state index in [1.807, 2.05) is 0 Å². The third kappa shape index (κ3) is 5.86. The number of hydrogen-bond donors (Lipinski definition) is 2. The van der Waals surface area contributed by atoms with E-state index in [9.17, 15) is 10.1 Å². The minimum Gasteiger partial charge on any atom is -0.355 e. The van der Waals surface area contributed by atoms with Crippen molar-refractivity contribution in [1.82, 2.24) is 15.5 Å². The number of piperidine rings is 1. The Hall–Kier alpha value is -2.15. The molecule has 1 aliphatic heterocycles. The summed E-state index contributed by atoms with van der Waals surface area (Å²) in [5.41, 5.74) is 1.09. The van der Waals surface area contributed by atoms with Crippen LogP contribution >= 0.6 is 0 Å². The second-order valence-electron chi connectivity index (χ2n) is 5.68. The normalized spacial score (nSPS) is 16.1. The number of benzene rings is 1. The number of nitrogens with one attached hydrogen (secondary N) is 2. The molecule has 2 rings (SSSR count). The Morgan fingerprint density at radius 1 is 1.22 bits per heavy atom. The van der Waals surface area contributed by atoms with Crippen LogP contribution in [0.3, 0.4) is 0 Å². The second kappa shape index (κ2) is 9.09. The maximum Gasteiger partial charge on any atom is 0.269 e. The summed E-state index contributed by atoms with van der Waals surface area (Å²) >= 11 is 0. The zero-order valence-electron chi connectivity index (χ0n) is 13.6. The SMILES string of the molecule is CN=C(NCCN1CCCCC1)NCc1ccc([N+](=O)[O-])cc1. The van der Waals surface area contributed by atoms with Crippen LogP contribution in [0.5, 0.6) is 0 Å². The van der Waals surface area contributed by atoms with Gasteiger partial charge in [0.05, 0.1) is 4.92 Å². The average Bonchev–Trinajstić information content (AvgIpc) is 2.59. The van der Waals surface area contributed by atoms with Crippen molar-refractivity contribution >= 4 is 11.6 Å². The quantitative estimate of drug-likeness (QED) is 0.361. The van der Waals surface area contributed by atoms with Gasteiger partial charge in [-0.1, -0.05) is 18.6 Å². The lowest BCUT2D eigenvalue weighted by molar-refractivity contribution is -0.384. The minimum atomic E-state index is -0.391. The van der Waals surface area contributed by atoms with Crippen molar-refractivity contribution in [3.05, 3.63) is 39.9 Å². The van der Waals surface area contributed by atoms with Gasteiger partial charge in [-0.15, -0.1) is 0 Å². The number of nitro benzene ring substituents is 1. The third-order valence-corrected chi connectivity index (χ3v) is 4.00. The van der Waals surface area contributed by atoms with Gasteiger partial charge in [0, 0.05) is 38.8 Å². The number of nitrogens with zero attached hydrogens (tertiary/aromatic N) is 3. The summed E-state index contributed by atoms with van der Waals surface area (Å²) in [7, 11) is 1.74. The number of hydrogen-bond acceptors (Lipinski definition) is 4. The van der Waals surface area contributed by atoms with E-state index in [1.54, 1.807) is 19.2 Å². The zero-order chi connectivity index (χ0) is 16.5. The van der Waals surface area contributed by atoms with Gasteiger partial charge in [0.25, 0.3) is 5.69 Å². The lowest BCUT2D eigenvalue weighted by Crippen LogP contribution is -2.42. The summed E-state index contributed by atoms with van der Waals surface area (Å²) in [6, 6.07) is 6.55. The lowest BCUT2D eigenvalue weighted by Gasteiger charge is -2.26. The molecular formula is C16H25N5O2. The average molecular weight is 319 g/mol. The molecule has 0 aliphatic carbocycles. The fraction of sp³-hybridized carbons (Fsp3) is 0.562. The molecule has 0 amide bonds. The van der Waals surface area contributed by atoms with Crippen molar-refractivity contribution in [3.63, 3.8) is 0 Å². The first kappa shape index (κ1) is 17.2. The van der Waals surface area contributed by atoms with E-state index in [0.717, 1.165) is 24.6 Å². The van der Waals surface area contributed by atoms with Crippen LogP contribution in [0.4, 0.5) is 5.69 Å². The van der Waals surface area contributed by atoms with E-state index < -0.39 is 4.92 Å². The first-order valence-corrected chi connectivity index (χ1v) is 8.09. The predicted octanol–water partition coefficient (Wildman–Crippen LogP) is 1.75. The molecule has 1 aromatic rings. The maximum absolute atomic E-state index is 10.6. The van der Waals surface area contributed by atoms with Gasteiger partial charge in [-0.25, -0.2) is 0 Å². The van der Waals surface area contributed by atoms with E-state index >= 15 is 0 Å². The largest absolute Gasteiger partial charge is 0.355 e. The molecule has 0 atom stereocenters. The summed E-state index contributed by atoms with van der Waals surface area (Å²) in [4.78, 5) is 16.9. The number of nitro groups is 1. The maximum atomic E-state index is 10.6. The molecule has 1 heterocycles. The van der Waals surface area contributed by atoms with Gasteiger partial charge in [0.1, 0.15) is 0 Å². The predicted molar refractivity (Wildman–Crippen MR) is 91.6 cm³/mol. The molecule has 1 saturated heterocycles. The van der Waals surface area contributed by atoms with Crippen LogP contribution in [-0.4, -0.2) is 49.0 Å². The molecule has 7 nitrogen and oxygen atoms in total. The number of rotatable bonds is 6. The Kier molecular flexibility index (Phi) is 6.80. The van der Waals surface area contributed by atoms with Crippen LogP contribution in [-0.2, 0) is 6.54 Å². The highest BCUT2D eigenvalue weighted by atomic mass is 16.6. The molecule has 0 unspecified atom stereocenters.